The van der Waals surface area contributed by atoms with E-state index in [4.69, 9.17) is 28.2 Å². The summed E-state index contributed by atoms with van der Waals surface area (Å²) in [5.41, 5.74) is 1.95. The maximum Gasteiger partial charge on any atom is 0.270 e. The third-order valence-corrected chi connectivity index (χ3v) is 5.85. The first-order valence-corrected chi connectivity index (χ1v) is 10.3. The Morgan fingerprint density at radius 2 is 1.93 bits per heavy atom. The van der Waals surface area contributed by atoms with Crippen molar-refractivity contribution in [3.63, 3.8) is 0 Å². The number of rotatable bonds is 4. The lowest BCUT2D eigenvalue weighted by molar-refractivity contribution is -0.113. The maximum absolute atomic E-state index is 12.9. The lowest BCUT2D eigenvalue weighted by atomic mass is 10.1. The van der Waals surface area contributed by atoms with E-state index in [1.165, 1.54) is 23.6 Å². The third-order valence-electron chi connectivity index (χ3n) is 4.31. The summed E-state index contributed by atoms with van der Waals surface area (Å²) < 4.78 is 6.26. The molecule has 1 aliphatic rings. The van der Waals surface area contributed by atoms with Crippen LogP contribution in [0.2, 0.25) is 5.02 Å². The smallest absolute Gasteiger partial charge is 0.270 e. The van der Waals surface area contributed by atoms with Gasteiger partial charge in [-0.1, -0.05) is 59.8 Å². The first-order chi connectivity index (χ1) is 13.9. The molecule has 4 rings (SSSR count). The molecule has 2 heterocycles. The van der Waals surface area contributed by atoms with Crippen molar-refractivity contribution in [3.05, 3.63) is 81.9 Å². The minimum absolute atomic E-state index is 0.0723. The van der Waals surface area contributed by atoms with E-state index < -0.39 is 0 Å². The number of carbonyl (C=O) groups excluding carboxylic acids is 2. The van der Waals surface area contributed by atoms with Gasteiger partial charge in [-0.25, -0.2) is 0 Å². The number of anilines is 1. The zero-order valence-corrected chi connectivity index (χ0v) is 17.6. The van der Waals surface area contributed by atoms with Crippen LogP contribution in [0.15, 0.2) is 70.0 Å². The van der Waals surface area contributed by atoms with Crippen LogP contribution in [0, 0.1) is 0 Å². The number of hydrogen-bond donors (Lipinski definition) is 0. The molecule has 0 atom stereocenters. The molecular weight excluding hydrogens is 426 g/mol. The van der Waals surface area contributed by atoms with Gasteiger partial charge >= 0.3 is 0 Å². The minimum Gasteiger partial charge on any atom is -0.457 e. The molecule has 0 bridgehead atoms. The fourth-order valence-corrected chi connectivity index (χ4v) is 4.38. The number of halogens is 1. The Morgan fingerprint density at radius 3 is 2.69 bits per heavy atom. The van der Waals surface area contributed by atoms with E-state index in [9.17, 15) is 9.59 Å². The number of carbonyl (C=O) groups is 2. The van der Waals surface area contributed by atoms with Crippen molar-refractivity contribution in [2.75, 3.05) is 4.90 Å². The Hall–Kier alpha value is -2.67. The van der Waals surface area contributed by atoms with Crippen molar-refractivity contribution in [1.29, 1.82) is 0 Å². The number of thiocarbonyl (C=S) groups is 1. The summed E-state index contributed by atoms with van der Waals surface area (Å²) in [6.45, 7) is 1.48. The van der Waals surface area contributed by atoms with Crippen molar-refractivity contribution < 1.29 is 14.0 Å². The predicted molar refractivity (Wildman–Crippen MR) is 121 cm³/mol. The van der Waals surface area contributed by atoms with E-state index >= 15 is 0 Å². The van der Waals surface area contributed by atoms with Gasteiger partial charge in [-0.15, -0.1) is 0 Å². The predicted octanol–water partition coefficient (Wildman–Crippen LogP) is 6.21. The molecule has 0 N–H and O–H groups in total. The Kier molecular flexibility index (Phi) is 5.41. The average molecular weight is 440 g/mol. The van der Waals surface area contributed by atoms with Gasteiger partial charge < -0.3 is 4.42 Å². The summed E-state index contributed by atoms with van der Waals surface area (Å²) in [6, 6.07) is 17.8. The summed E-state index contributed by atoms with van der Waals surface area (Å²) >= 11 is 12.6. The second-order valence-electron chi connectivity index (χ2n) is 6.34. The Morgan fingerprint density at radius 1 is 1.14 bits per heavy atom. The van der Waals surface area contributed by atoms with Gasteiger partial charge in [0, 0.05) is 22.2 Å². The molecule has 0 aliphatic carbocycles. The van der Waals surface area contributed by atoms with Crippen molar-refractivity contribution >= 4 is 63.4 Å². The fourth-order valence-electron chi connectivity index (χ4n) is 2.91. The van der Waals surface area contributed by atoms with Crippen molar-refractivity contribution in [3.8, 4) is 11.3 Å². The molecule has 7 heteroatoms. The van der Waals surface area contributed by atoms with Gasteiger partial charge in [0.25, 0.3) is 5.91 Å². The van der Waals surface area contributed by atoms with Crippen LogP contribution in [0.3, 0.4) is 0 Å². The van der Waals surface area contributed by atoms with E-state index in [1.807, 2.05) is 24.3 Å². The summed E-state index contributed by atoms with van der Waals surface area (Å²) in [5, 5.41) is 0.620. The van der Waals surface area contributed by atoms with E-state index in [0.29, 0.717) is 37.0 Å². The highest BCUT2D eigenvalue weighted by Crippen LogP contribution is 2.37. The standard InChI is InChI=1S/C22H14ClNO3S2/c1-13(25)14-4-3-7-17(11-14)24-21(26)20(29-22(24)28)12-18-8-9-19(27-18)15-5-2-6-16(23)10-15/h2-12H,1H3/b20-12+. The van der Waals surface area contributed by atoms with Gasteiger partial charge in [0.2, 0.25) is 0 Å². The fraction of sp³-hybridized carbons (Fsp3) is 0.0455. The SMILES string of the molecule is CC(=O)c1cccc(N2C(=O)/C(=C\c3ccc(-c4cccc(Cl)c4)o3)SC2=S)c1. The molecule has 0 radical (unpaired) electrons. The van der Waals surface area contributed by atoms with Crippen LogP contribution in [0.1, 0.15) is 23.0 Å². The van der Waals surface area contributed by atoms with E-state index in [0.717, 1.165) is 5.56 Å². The van der Waals surface area contributed by atoms with E-state index in [-0.39, 0.29) is 11.7 Å². The second kappa shape index (κ2) is 7.99. The van der Waals surface area contributed by atoms with Crippen LogP contribution in [0.4, 0.5) is 5.69 Å². The van der Waals surface area contributed by atoms with Gasteiger partial charge in [0.05, 0.1) is 10.6 Å². The highest BCUT2D eigenvalue weighted by Gasteiger charge is 2.33. The molecular formula is C22H14ClNO3S2. The molecule has 1 aliphatic heterocycles. The number of hydrogen-bond acceptors (Lipinski definition) is 5. The number of furan rings is 1. The molecule has 4 nitrogen and oxygen atoms in total. The summed E-state index contributed by atoms with van der Waals surface area (Å²) in [5.74, 6) is 0.875. The zero-order valence-electron chi connectivity index (χ0n) is 15.2. The first kappa shape index (κ1) is 19.6. The first-order valence-electron chi connectivity index (χ1n) is 8.67. The third kappa shape index (κ3) is 4.05. The molecule has 3 aromatic rings. The molecule has 0 spiro atoms. The number of nitrogens with zero attached hydrogens (tertiary/aromatic N) is 1. The van der Waals surface area contributed by atoms with E-state index in [2.05, 4.69) is 0 Å². The molecule has 1 fully saturated rings. The summed E-state index contributed by atoms with van der Waals surface area (Å²) in [7, 11) is 0. The normalized spacial score (nSPS) is 15.4. The topological polar surface area (TPSA) is 50.5 Å². The highest BCUT2D eigenvalue weighted by molar-refractivity contribution is 8.27. The molecule has 0 unspecified atom stereocenters. The number of thioether (sulfide) groups is 1. The molecule has 144 valence electrons. The Bertz CT molecular complexity index is 1180. The quantitative estimate of drug-likeness (QED) is 0.275. The lowest BCUT2D eigenvalue weighted by Gasteiger charge is -2.15. The van der Waals surface area contributed by atoms with Crippen LogP contribution >= 0.6 is 35.6 Å². The van der Waals surface area contributed by atoms with Crippen LogP contribution in [0.25, 0.3) is 17.4 Å². The Labute approximate surface area is 182 Å². The minimum atomic E-state index is -0.249. The second-order valence-corrected chi connectivity index (χ2v) is 8.45. The molecule has 2 aromatic carbocycles. The number of amides is 1. The molecule has 1 aromatic heterocycles. The highest BCUT2D eigenvalue weighted by atomic mass is 35.5. The Balaban J connectivity index is 1.62. The van der Waals surface area contributed by atoms with Crippen molar-refractivity contribution in [1.82, 2.24) is 0 Å². The van der Waals surface area contributed by atoms with Gasteiger partial charge in [-0.2, -0.15) is 0 Å². The average Bonchev–Trinajstić information content (AvgIpc) is 3.27. The monoisotopic (exact) mass is 439 g/mol. The summed E-state index contributed by atoms with van der Waals surface area (Å²) in [6.07, 6.45) is 1.67. The largest absolute Gasteiger partial charge is 0.457 e. The number of benzene rings is 2. The van der Waals surface area contributed by atoms with Gasteiger partial charge in [-0.3, -0.25) is 14.5 Å². The van der Waals surface area contributed by atoms with Crippen molar-refractivity contribution in [2.24, 2.45) is 0 Å². The molecule has 1 amide bonds. The maximum atomic E-state index is 12.9. The van der Waals surface area contributed by atoms with Crippen molar-refractivity contribution in [2.45, 2.75) is 6.92 Å². The zero-order chi connectivity index (χ0) is 20.5. The van der Waals surface area contributed by atoms with Crippen LogP contribution in [0.5, 0.6) is 0 Å². The van der Waals surface area contributed by atoms with Crippen LogP contribution in [-0.2, 0) is 4.79 Å². The van der Waals surface area contributed by atoms with Gasteiger partial charge in [0.1, 0.15) is 11.5 Å². The van der Waals surface area contributed by atoms with Gasteiger partial charge in [-0.05, 0) is 43.3 Å². The van der Waals surface area contributed by atoms with Crippen LogP contribution in [-0.4, -0.2) is 16.0 Å². The molecule has 1 saturated heterocycles. The molecule has 29 heavy (non-hydrogen) atoms. The van der Waals surface area contributed by atoms with E-state index in [1.54, 1.807) is 42.5 Å². The summed E-state index contributed by atoms with van der Waals surface area (Å²) in [4.78, 5) is 26.5. The molecule has 0 saturated carbocycles. The number of Topliss-reactive ketones (excluding diaryl/α,β-unsaturated/α-hetero) is 1. The van der Waals surface area contributed by atoms with Gasteiger partial charge in [0.15, 0.2) is 10.1 Å². The number of ketones is 1. The lowest BCUT2D eigenvalue weighted by Crippen LogP contribution is -2.27. The van der Waals surface area contributed by atoms with Crippen LogP contribution < -0.4 is 4.90 Å².